The number of aliphatic hydroxyl groups excluding tert-OH is 1. The molecule has 0 aliphatic carbocycles. The predicted octanol–water partition coefficient (Wildman–Crippen LogP) is 2.40. The molecule has 1 aliphatic rings. The van der Waals surface area contributed by atoms with Crippen LogP contribution < -0.4 is 23.7 Å². The number of benzene rings is 2. The molecule has 0 radical (unpaired) electrons. The molecule has 2 aromatic carbocycles. The Morgan fingerprint density at radius 2 is 1.58 bits per heavy atom. The molecule has 7 heteroatoms. The fourth-order valence-electron chi connectivity index (χ4n) is 2.94. The second kappa shape index (κ2) is 7.13. The monoisotopic (exact) mass is 360 g/mol. The van der Waals surface area contributed by atoms with Crippen LogP contribution in [0.4, 0.5) is 0 Å². The van der Waals surface area contributed by atoms with Gasteiger partial charge in [-0.1, -0.05) is 0 Å². The first kappa shape index (κ1) is 17.9. The van der Waals surface area contributed by atoms with Crippen LogP contribution in [0.15, 0.2) is 30.3 Å². The molecule has 26 heavy (non-hydrogen) atoms. The molecule has 0 saturated heterocycles. The molecule has 2 aromatic rings. The molecule has 138 valence electrons. The molecule has 1 aliphatic heterocycles. The molecule has 0 bridgehead atoms. The fraction of sp³-hybridized carbons (Fsp3) is 0.316. The molecule has 3 rings (SSSR count). The van der Waals surface area contributed by atoms with Crippen molar-refractivity contribution in [2.24, 2.45) is 0 Å². The first-order valence-corrected chi connectivity index (χ1v) is 7.91. The molecular weight excluding hydrogens is 340 g/mol. The molecule has 1 N–H and O–H groups in total. The number of fused-ring (bicyclic) bond motifs is 1. The van der Waals surface area contributed by atoms with Crippen LogP contribution in [0.2, 0.25) is 0 Å². The summed E-state index contributed by atoms with van der Waals surface area (Å²) in [5.41, 5.74) is 0.829. The minimum absolute atomic E-state index is 0.307. The first-order valence-electron chi connectivity index (χ1n) is 7.91. The van der Waals surface area contributed by atoms with E-state index in [-0.39, 0.29) is 0 Å². The number of ether oxygens (including phenoxy) is 5. The predicted molar refractivity (Wildman–Crippen MR) is 92.8 cm³/mol. The van der Waals surface area contributed by atoms with Gasteiger partial charge in [0.25, 0.3) is 0 Å². The van der Waals surface area contributed by atoms with Crippen molar-refractivity contribution in [3.05, 3.63) is 41.5 Å². The maximum Gasteiger partial charge on any atom is 0.203 e. The Balaban J connectivity index is 2.07. The molecular formula is C19H20O7. The molecule has 0 unspecified atom stereocenters. The lowest BCUT2D eigenvalue weighted by Gasteiger charge is -2.30. The van der Waals surface area contributed by atoms with Crippen molar-refractivity contribution in [3.63, 3.8) is 0 Å². The second-order valence-corrected chi connectivity index (χ2v) is 5.67. The number of methoxy groups -OCH3 is 4. The third-order valence-corrected chi connectivity index (χ3v) is 4.28. The van der Waals surface area contributed by atoms with E-state index in [0.29, 0.717) is 39.9 Å². The smallest absolute Gasteiger partial charge is 0.203 e. The van der Waals surface area contributed by atoms with Gasteiger partial charge in [-0.05, 0) is 24.3 Å². The average molecular weight is 360 g/mol. The highest BCUT2D eigenvalue weighted by Gasteiger charge is 2.38. The highest BCUT2D eigenvalue weighted by Crippen LogP contribution is 2.43. The number of hydrogen-bond donors (Lipinski definition) is 1. The van der Waals surface area contributed by atoms with E-state index < -0.39 is 18.0 Å². The summed E-state index contributed by atoms with van der Waals surface area (Å²) >= 11 is 0. The molecule has 0 fully saturated rings. The standard InChI is InChI=1S/C19H20O7/c1-22-11-5-6-12-13(9-11)26-18(17(21)16(12)20)10-7-14(23-2)19(25-4)15(8-10)24-3/h5-9,17-18,21H,1-4H3/t17-,18+/m0/s1. The number of Topliss-reactive ketones (excluding diaryl/α,β-unsaturated/α-hetero) is 1. The summed E-state index contributed by atoms with van der Waals surface area (Å²) in [5.74, 6) is 1.70. The van der Waals surface area contributed by atoms with Gasteiger partial charge in [0, 0.05) is 11.6 Å². The van der Waals surface area contributed by atoms with E-state index in [1.54, 1.807) is 30.3 Å². The summed E-state index contributed by atoms with van der Waals surface area (Å²) in [6.07, 6.45) is -2.28. The normalized spacial score (nSPS) is 18.6. The molecule has 0 saturated carbocycles. The van der Waals surface area contributed by atoms with Crippen molar-refractivity contribution < 1.29 is 33.6 Å². The van der Waals surface area contributed by atoms with Gasteiger partial charge in [0.15, 0.2) is 29.5 Å². The van der Waals surface area contributed by atoms with Gasteiger partial charge in [-0.3, -0.25) is 4.79 Å². The zero-order valence-corrected chi connectivity index (χ0v) is 14.9. The Kier molecular flexibility index (Phi) is 4.90. The summed E-state index contributed by atoms with van der Waals surface area (Å²) in [4.78, 5) is 12.6. The number of hydrogen-bond acceptors (Lipinski definition) is 7. The van der Waals surface area contributed by atoms with Gasteiger partial charge in [-0.25, -0.2) is 0 Å². The fourth-order valence-corrected chi connectivity index (χ4v) is 2.94. The Morgan fingerprint density at radius 1 is 0.923 bits per heavy atom. The summed E-state index contributed by atoms with van der Waals surface area (Å²) in [6, 6.07) is 8.13. The van der Waals surface area contributed by atoms with Crippen LogP contribution in [-0.4, -0.2) is 45.4 Å². The number of rotatable bonds is 5. The Bertz CT molecular complexity index is 806. The van der Waals surface area contributed by atoms with Crippen molar-refractivity contribution in [1.82, 2.24) is 0 Å². The van der Waals surface area contributed by atoms with Gasteiger partial charge in [0.2, 0.25) is 5.75 Å². The zero-order chi connectivity index (χ0) is 18.8. The van der Waals surface area contributed by atoms with Crippen molar-refractivity contribution in [1.29, 1.82) is 0 Å². The minimum Gasteiger partial charge on any atom is -0.497 e. The molecule has 0 spiro atoms. The van der Waals surface area contributed by atoms with Gasteiger partial charge in [-0.15, -0.1) is 0 Å². The highest BCUT2D eigenvalue weighted by atomic mass is 16.5. The van der Waals surface area contributed by atoms with Crippen molar-refractivity contribution in [2.75, 3.05) is 28.4 Å². The van der Waals surface area contributed by atoms with Crippen LogP contribution >= 0.6 is 0 Å². The van der Waals surface area contributed by atoms with Crippen LogP contribution in [0.5, 0.6) is 28.7 Å². The van der Waals surface area contributed by atoms with E-state index >= 15 is 0 Å². The summed E-state index contributed by atoms with van der Waals surface area (Å²) < 4.78 is 27.0. The maximum absolute atomic E-state index is 12.6. The summed E-state index contributed by atoms with van der Waals surface area (Å²) in [5, 5.41) is 10.5. The minimum atomic E-state index is -1.36. The van der Waals surface area contributed by atoms with Gasteiger partial charge in [0.1, 0.15) is 11.5 Å². The quantitative estimate of drug-likeness (QED) is 0.876. The first-order chi connectivity index (χ1) is 12.5. The topological polar surface area (TPSA) is 83.5 Å². The van der Waals surface area contributed by atoms with E-state index in [1.807, 2.05) is 0 Å². The van der Waals surface area contributed by atoms with Crippen molar-refractivity contribution in [3.8, 4) is 28.7 Å². The highest BCUT2D eigenvalue weighted by molar-refractivity contribution is 6.03. The average Bonchev–Trinajstić information content (AvgIpc) is 2.68. The lowest BCUT2D eigenvalue weighted by molar-refractivity contribution is 0.0214. The maximum atomic E-state index is 12.6. The lowest BCUT2D eigenvalue weighted by Crippen LogP contribution is -2.36. The van der Waals surface area contributed by atoms with Gasteiger partial charge < -0.3 is 28.8 Å². The molecule has 1 heterocycles. The van der Waals surface area contributed by atoms with Crippen molar-refractivity contribution >= 4 is 5.78 Å². The van der Waals surface area contributed by atoms with E-state index in [2.05, 4.69) is 0 Å². The lowest BCUT2D eigenvalue weighted by atomic mass is 9.93. The largest absolute Gasteiger partial charge is 0.497 e. The van der Waals surface area contributed by atoms with Crippen LogP contribution in [0.3, 0.4) is 0 Å². The molecule has 7 nitrogen and oxygen atoms in total. The number of carbonyl (C=O) groups excluding carboxylic acids is 1. The Labute approximate surface area is 151 Å². The SMILES string of the molecule is COc1ccc2c(c1)O[C@H](c1cc(OC)c(OC)c(OC)c1)[C@@H](O)C2=O. The number of carbonyl (C=O) groups is 1. The van der Waals surface area contributed by atoms with E-state index in [1.165, 1.54) is 28.4 Å². The molecule has 2 atom stereocenters. The van der Waals surface area contributed by atoms with Crippen LogP contribution in [0.1, 0.15) is 22.0 Å². The number of ketones is 1. The summed E-state index contributed by atoms with van der Waals surface area (Å²) in [6.45, 7) is 0. The van der Waals surface area contributed by atoms with Gasteiger partial charge in [0.05, 0.1) is 34.0 Å². The third kappa shape index (κ3) is 2.90. The third-order valence-electron chi connectivity index (χ3n) is 4.28. The van der Waals surface area contributed by atoms with E-state index in [9.17, 15) is 9.90 Å². The van der Waals surface area contributed by atoms with Crippen LogP contribution in [-0.2, 0) is 0 Å². The van der Waals surface area contributed by atoms with Crippen molar-refractivity contribution in [2.45, 2.75) is 12.2 Å². The number of aliphatic hydroxyl groups is 1. The van der Waals surface area contributed by atoms with Gasteiger partial charge >= 0.3 is 0 Å². The molecule has 0 amide bonds. The van der Waals surface area contributed by atoms with E-state index in [4.69, 9.17) is 23.7 Å². The van der Waals surface area contributed by atoms with Crippen LogP contribution in [0, 0.1) is 0 Å². The zero-order valence-electron chi connectivity index (χ0n) is 14.9. The Hall–Kier alpha value is -2.93. The van der Waals surface area contributed by atoms with Gasteiger partial charge in [-0.2, -0.15) is 0 Å². The van der Waals surface area contributed by atoms with Crippen LogP contribution in [0.25, 0.3) is 0 Å². The Morgan fingerprint density at radius 3 is 2.12 bits per heavy atom. The summed E-state index contributed by atoms with van der Waals surface area (Å²) in [7, 11) is 6.01. The second-order valence-electron chi connectivity index (χ2n) is 5.67. The molecule has 0 aromatic heterocycles. The van der Waals surface area contributed by atoms with E-state index in [0.717, 1.165) is 0 Å².